The minimum atomic E-state index is -0.0764. The second-order valence-corrected chi connectivity index (χ2v) is 6.75. The van der Waals surface area contributed by atoms with Gasteiger partial charge in [-0.2, -0.15) is 11.8 Å². The zero-order chi connectivity index (χ0) is 14.1. The molecule has 0 bridgehead atoms. The molecule has 5 heteroatoms. The highest BCUT2D eigenvalue weighted by molar-refractivity contribution is 7.99. The van der Waals surface area contributed by atoms with Crippen LogP contribution in [0, 0.1) is 0 Å². The van der Waals surface area contributed by atoms with Crippen LogP contribution < -0.4 is 10.6 Å². The Kier molecular flexibility index (Phi) is 8.30. The highest BCUT2D eigenvalue weighted by Gasteiger charge is 2.23. The van der Waals surface area contributed by atoms with Crippen LogP contribution in [0.1, 0.15) is 52.4 Å². The molecule has 4 nitrogen and oxygen atoms in total. The number of carbonyl (C=O) groups excluding carboxylic acids is 1. The van der Waals surface area contributed by atoms with Crippen molar-refractivity contribution < 1.29 is 9.90 Å². The smallest absolute Gasteiger partial charge is 0.315 e. The Morgan fingerprint density at radius 1 is 1.42 bits per heavy atom. The molecule has 0 spiro atoms. The van der Waals surface area contributed by atoms with Crippen molar-refractivity contribution in [3.63, 3.8) is 0 Å². The van der Waals surface area contributed by atoms with E-state index in [0.29, 0.717) is 17.7 Å². The fourth-order valence-electron chi connectivity index (χ4n) is 2.61. The molecule has 1 aliphatic carbocycles. The molecule has 1 aliphatic rings. The number of aliphatic hydroxyl groups is 1. The Hall–Kier alpha value is -0.420. The summed E-state index contributed by atoms with van der Waals surface area (Å²) in [6, 6.07) is 0.311. The van der Waals surface area contributed by atoms with E-state index < -0.39 is 0 Å². The highest BCUT2D eigenvalue weighted by Crippen LogP contribution is 2.28. The summed E-state index contributed by atoms with van der Waals surface area (Å²) in [5.74, 6) is 1.15. The van der Waals surface area contributed by atoms with E-state index in [1.807, 2.05) is 18.7 Å². The summed E-state index contributed by atoms with van der Waals surface area (Å²) in [5.41, 5.74) is 0. The lowest BCUT2D eigenvalue weighted by Crippen LogP contribution is -2.48. The summed E-state index contributed by atoms with van der Waals surface area (Å²) < 4.78 is 0. The van der Waals surface area contributed by atoms with Gasteiger partial charge in [0.15, 0.2) is 0 Å². The molecule has 0 aromatic rings. The quantitative estimate of drug-likeness (QED) is 0.674. The number of hydrogen-bond donors (Lipinski definition) is 3. The normalized spacial score (nSPS) is 24.8. The van der Waals surface area contributed by atoms with E-state index in [4.69, 9.17) is 5.11 Å². The van der Waals surface area contributed by atoms with Gasteiger partial charge in [-0.05, 0) is 37.9 Å². The Bertz CT molecular complexity index is 262. The molecule has 112 valence electrons. The predicted octanol–water partition coefficient (Wildman–Crippen LogP) is 2.51. The lowest BCUT2D eigenvalue weighted by Gasteiger charge is -2.29. The third kappa shape index (κ3) is 6.52. The number of rotatable bonds is 7. The number of hydrogen-bond acceptors (Lipinski definition) is 3. The van der Waals surface area contributed by atoms with E-state index in [1.165, 1.54) is 12.8 Å². The second-order valence-electron chi connectivity index (χ2n) is 5.18. The SMILES string of the molecule is CCSC1CCCC(NC(=O)NC(CC)CCO)C1. The molecular formula is C14H28N2O2S. The van der Waals surface area contributed by atoms with Gasteiger partial charge in [0.1, 0.15) is 0 Å². The van der Waals surface area contributed by atoms with Gasteiger partial charge in [0.25, 0.3) is 0 Å². The van der Waals surface area contributed by atoms with Gasteiger partial charge >= 0.3 is 6.03 Å². The zero-order valence-corrected chi connectivity index (χ0v) is 13.0. The third-order valence-electron chi connectivity index (χ3n) is 3.67. The topological polar surface area (TPSA) is 61.4 Å². The summed E-state index contributed by atoms with van der Waals surface area (Å²) in [6.45, 7) is 4.34. The van der Waals surface area contributed by atoms with Crippen molar-refractivity contribution in [3.8, 4) is 0 Å². The minimum absolute atomic E-state index is 0.0764. The number of nitrogens with one attached hydrogen (secondary N) is 2. The first kappa shape index (κ1) is 16.6. The van der Waals surface area contributed by atoms with Gasteiger partial charge in [0.2, 0.25) is 0 Å². The van der Waals surface area contributed by atoms with E-state index in [1.54, 1.807) is 0 Å². The molecule has 0 aromatic heterocycles. The molecule has 1 rings (SSSR count). The highest BCUT2D eigenvalue weighted by atomic mass is 32.2. The number of urea groups is 1. The van der Waals surface area contributed by atoms with E-state index in [2.05, 4.69) is 17.6 Å². The fraction of sp³-hybridized carbons (Fsp3) is 0.929. The number of aliphatic hydroxyl groups excluding tert-OH is 1. The van der Waals surface area contributed by atoms with Gasteiger partial charge in [-0.15, -0.1) is 0 Å². The monoisotopic (exact) mass is 288 g/mol. The van der Waals surface area contributed by atoms with Gasteiger partial charge in [0.05, 0.1) is 0 Å². The Labute approximate surface area is 121 Å². The molecule has 0 radical (unpaired) electrons. The molecule has 3 unspecified atom stereocenters. The van der Waals surface area contributed by atoms with Crippen molar-refractivity contribution in [1.82, 2.24) is 10.6 Å². The molecule has 0 saturated heterocycles. The Morgan fingerprint density at radius 2 is 2.21 bits per heavy atom. The zero-order valence-electron chi connectivity index (χ0n) is 12.2. The molecule has 1 saturated carbocycles. The van der Waals surface area contributed by atoms with Crippen LogP contribution in [-0.4, -0.2) is 40.8 Å². The molecule has 0 aromatic carbocycles. The number of carbonyl (C=O) groups is 1. The summed E-state index contributed by atoms with van der Waals surface area (Å²) in [7, 11) is 0. The molecule has 2 amide bonds. The van der Waals surface area contributed by atoms with Crippen LogP contribution in [0.2, 0.25) is 0 Å². The van der Waals surface area contributed by atoms with Crippen molar-refractivity contribution >= 4 is 17.8 Å². The van der Waals surface area contributed by atoms with Crippen molar-refractivity contribution in [2.45, 2.75) is 69.7 Å². The van der Waals surface area contributed by atoms with Crippen LogP contribution in [0.4, 0.5) is 4.79 Å². The molecule has 0 heterocycles. The minimum Gasteiger partial charge on any atom is -0.396 e. The molecule has 0 aliphatic heterocycles. The van der Waals surface area contributed by atoms with E-state index >= 15 is 0 Å². The van der Waals surface area contributed by atoms with E-state index in [0.717, 1.165) is 25.0 Å². The van der Waals surface area contributed by atoms with Crippen LogP contribution >= 0.6 is 11.8 Å². The van der Waals surface area contributed by atoms with Crippen molar-refractivity contribution in [3.05, 3.63) is 0 Å². The fourth-order valence-corrected chi connectivity index (χ4v) is 3.78. The predicted molar refractivity (Wildman–Crippen MR) is 81.6 cm³/mol. The average molecular weight is 288 g/mol. The van der Waals surface area contributed by atoms with Gasteiger partial charge < -0.3 is 15.7 Å². The van der Waals surface area contributed by atoms with Crippen LogP contribution in [0.25, 0.3) is 0 Å². The summed E-state index contributed by atoms with van der Waals surface area (Å²) in [5, 5.41) is 15.6. The first-order chi connectivity index (χ1) is 9.19. The van der Waals surface area contributed by atoms with Crippen LogP contribution in [-0.2, 0) is 0 Å². The van der Waals surface area contributed by atoms with Crippen LogP contribution in [0.15, 0.2) is 0 Å². The number of amides is 2. The van der Waals surface area contributed by atoms with Gasteiger partial charge in [0, 0.05) is 23.9 Å². The van der Waals surface area contributed by atoms with Gasteiger partial charge in [-0.1, -0.05) is 20.3 Å². The van der Waals surface area contributed by atoms with Gasteiger partial charge in [-0.25, -0.2) is 4.79 Å². The van der Waals surface area contributed by atoms with E-state index in [9.17, 15) is 4.79 Å². The molecule has 3 N–H and O–H groups in total. The summed E-state index contributed by atoms with van der Waals surface area (Å²) in [6.07, 6.45) is 6.14. The molecule has 3 atom stereocenters. The Balaban J connectivity index is 2.30. The molecule has 1 fully saturated rings. The first-order valence-corrected chi connectivity index (χ1v) is 8.53. The van der Waals surface area contributed by atoms with Crippen LogP contribution in [0.3, 0.4) is 0 Å². The van der Waals surface area contributed by atoms with Gasteiger partial charge in [-0.3, -0.25) is 0 Å². The average Bonchev–Trinajstić information content (AvgIpc) is 2.39. The standard InChI is InChI=1S/C14H28N2O2S/c1-3-11(8-9-17)15-14(18)16-12-6-5-7-13(10-12)19-4-2/h11-13,17H,3-10H2,1-2H3,(H2,15,16,18). The number of thioether (sulfide) groups is 1. The molecular weight excluding hydrogens is 260 g/mol. The van der Waals surface area contributed by atoms with Crippen molar-refractivity contribution in [2.75, 3.05) is 12.4 Å². The summed E-state index contributed by atoms with van der Waals surface area (Å²) in [4.78, 5) is 11.9. The van der Waals surface area contributed by atoms with E-state index in [-0.39, 0.29) is 18.7 Å². The summed E-state index contributed by atoms with van der Waals surface area (Å²) >= 11 is 2.00. The second kappa shape index (κ2) is 9.48. The first-order valence-electron chi connectivity index (χ1n) is 7.49. The largest absolute Gasteiger partial charge is 0.396 e. The maximum absolute atomic E-state index is 11.9. The third-order valence-corrected chi connectivity index (χ3v) is 4.90. The van der Waals surface area contributed by atoms with Crippen molar-refractivity contribution in [2.24, 2.45) is 0 Å². The van der Waals surface area contributed by atoms with Crippen LogP contribution in [0.5, 0.6) is 0 Å². The maximum atomic E-state index is 11.9. The van der Waals surface area contributed by atoms with Crippen molar-refractivity contribution in [1.29, 1.82) is 0 Å². The Morgan fingerprint density at radius 3 is 2.84 bits per heavy atom. The maximum Gasteiger partial charge on any atom is 0.315 e. The lowest BCUT2D eigenvalue weighted by atomic mass is 9.95. The molecule has 19 heavy (non-hydrogen) atoms. The lowest BCUT2D eigenvalue weighted by molar-refractivity contribution is 0.221.